The number of hydrogen-bond acceptors (Lipinski definition) is 8. The summed E-state index contributed by atoms with van der Waals surface area (Å²) in [6.45, 7) is 0.172. The minimum atomic E-state index is -2.31. The van der Waals surface area contributed by atoms with Gasteiger partial charge in [-0.15, -0.1) is 11.8 Å². The van der Waals surface area contributed by atoms with Crippen LogP contribution in [0.5, 0.6) is 0 Å². The molecule has 0 radical (unpaired) electrons. The van der Waals surface area contributed by atoms with Gasteiger partial charge in [0.25, 0.3) is 17.5 Å². The maximum Gasteiger partial charge on any atom is 0.278 e. The first-order valence-corrected chi connectivity index (χ1v) is 9.85. The number of fused-ring (bicyclic) bond motifs is 5. The van der Waals surface area contributed by atoms with Crippen molar-refractivity contribution >= 4 is 23.6 Å². The fourth-order valence-corrected chi connectivity index (χ4v) is 4.47. The molecule has 9 nitrogen and oxygen atoms in total. The van der Waals surface area contributed by atoms with E-state index >= 15 is 0 Å². The zero-order valence-electron chi connectivity index (χ0n) is 15.3. The molecule has 2 bridgehead atoms. The van der Waals surface area contributed by atoms with E-state index in [4.69, 9.17) is 4.74 Å². The Kier molecular flexibility index (Phi) is 5.72. The molecule has 1 aromatic rings. The number of benzene rings is 1. The van der Waals surface area contributed by atoms with Crippen molar-refractivity contribution in [2.75, 3.05) is 19.0 Å². The number of hydrogen-bond donors (Lipinski definition) is 6. The summed E-state index contributed by atoms with van der Waals surface area (Å²) in [4.78, 5) is 26.4. The van der Waals surface area contributed by atoms with Crippen LogP contribution in [0, 0.1) is 5.92 Å². The lowest BCUT2D eigenvalue weighted by Crippen LogP contribution is -2.83. The minimum absolute atomic E-state index is 0.0609. The highest BCUT2D eigenvalue weighted by Crippen LogP contribution is 2.36. The third-order valence-corrected chi connectivity index (χ3v) is 6.34. The van der Waals surface area contributed by atoms with Crippen LogP contribution in [0.25, 0.3) is 0 Å². The molecule has 0 unspecified atom stereocenters. The van der Waals surface area contributed by atoms with Gasteiger partial charge in [-0.05, 0) is 25.5 Å². The molecule has 5 atom stereocenters. The lowest BCUT2D eigenvalue weighted by atomic mass is 9.83. The molecular weight excluding hydrogens is 388 g/mol. The molecule has 0 spiro atoms. The second-order valence-corrected chi connectivity index (χ2v) is 8.38. The Labute approximate surface area is 166 Å². The number of aliphatic hydroxyl groups is 4. The average molecular weight is 412 g/mol. The third-order valence-electron chi connectivity index (χ3n) is 5.16. The molecule has 3 saturated heterocycles. The largest absolute Gasteiger partial charge is 0.393 e. The summed E-state index contributed by atoms with van der Waals surface area (Å²) in [7, 11) is 0. The van der Waals surface area contributed by atoms with E-state index in [0.29, 0.717) is 5.75 Å². The van der Waals surface area contributed by atoms with Gasteiger partial charge < -0.3 is 35.8 Å². The predicted octanol–water partition coefficient (Wildman–Crippen LogP) is -1.45. The maximum atomic E-state index is 12.8. The van der Waals surface area contributed by atoms with Gasteiger partial charge in [-0.25, -0.2) is 0 Å². The van der Waals surface area contributed by atoms with Crippen molar-refractivity contribution in [2.24, 2.45) is 5.92 Å². The molecule has 0 saturated carbocycles. The van der Waals surface area contributed by atoms with Crippen molar-refractivity contribution in [2.45, 2.75) is 41.4 Å². The molecule has 4 rings (SSSR count). The van der Waals surface area contributed by atoms with E-state index in [0.717, 1.165) is 11.8 Å². The van der Waals surface area contributed by atoms with Crippen LogP contribution in [-0.4, -0.2) is 74.4 Å². The minimum Gasteiger partial charge on any atom is -0.393 e. The summed E-state index contributed by atoms with van der Waals surface area (Å²) in [5, 5.41) is 45.4. The second-order valence-electron chi connectivity index (χ2n) is 7.29. The Morgan fingerprint density at radius 3 is 2.61 bits per heavy atom. The van der Waals surface area contributed by atoms with Gasteiger partial charge in [-0.3, -0.25) is 9.59 Å². The van der Waals surface area contributed by atoms with Crippen molar-refractivity contribution < 1.29 is 34.8 Å². The van der Waals surface area contributed by atoms with Crippen LogP contribution in [0.1, 0.15) is 13.3 Å². The van der Waals surface area contributed by atoms with Gasteiger partial charge >= 0.3 is 0 Å². The van der Waals surface area contributed by atoms with E-state index in [1.807, 2.05) is 30.3 Å². The Morgan fingerprint density at radius 2 is 1.96 bits per heavy atom. The van der Waals surface area contributed by atoms with Gasteiger partial charge in [-0.2, -0.15) is 0 Å². The van der Waals surface area contributed by atoms with Crippen molar-refractivity contribution in [3.63, 3.8) is 0 Å². The van der Waals surface area contributed by atoms with Crippen LogP contribution in [0.4, 0.5) is 0 Å². The van der Waals surface area contributed by atoms with Gasteiger partial charge in [0.2, 0.25) is 5.72 Å². The Morgan fingerprint density at radius 1 is 1.29 bits per heavy atom. The number of nitrogens with one attached hydrogen (secondary N) is 2. The highest BCUT2D eigenvalue weighted by atomic mass is 32.2. The molecule has 0 aromatic heterocycles. The third kappa shape index (κ3) is 3.51. The van der Waals surface area contributed by atoms with Crippen LogP contribution in [0.15, 0.2) is 35.2 Å². The molecular formula is C18H24N2O7S. The maximum absolute atomic E-state index is 12.8. The van der Waals surface area contributed by atoms with E-state index in [2.05, 4.69) is 10.6 Å². The molecule has 3 heterocycles. The normalized spacial score (nSPS) is 33.2. The Balaban J connectivity index is 1.84. The number of aliphatic hydroxyl groups excluding tert-OH is 2. The lowest BCUT2D eigenvalue weighted by molar-refractivity contribution is -0.240. The average Bonchev–Trinajstić information content (AvgIpc) is 2.67. The molecule has 6 N–H and O–H groups in total. The van der Waals surface area contributed by atoms with E-state index in [1.165, 1.54) is 11.8 Å². The van der Waals surface area contributed by atoms with E-state index in [-0.39, 0.29) is 13.0 Å². The van der Waals surface area contributed by atoms with Gasteiger partial charge in [0, 0.05) is 16.6 Å². The Hall–Kier alpha value is -1.69. The number of ether oxygens (including phenoxy) is 1. The molecule has 154 valence electrons. The van der Waals surface area contributed by atoms with Crippen molar-refractivity contribution in [1.82, 2.24) is 10.6 Å². The van der Waals surface area contributed by atoms with Gasteiger partial charge in [0.1, 0.15) is 11.7 Å². The number of carbonyl (C=O) groups is 2. The quantitative estimate of drug-likeness (QED) is 0.311. The predicted molar refractivity (Wildman–Crippen MR) is 98.9 cm³/mol. The van der Waals surface area contributed by atoms with Crippen LogP contribution < -0.4 is 10.6 Å². The van der Waals surface area contributed by atoms with Crippen LogP contribution >= 0.6 is 11.8 Å². The number of thioether (sulfide) groups is 1. The summed E-state index contributed by atoms with van der Waals surface area (Å²) in [5.41, 5.74) is -6.62. The smallest absolute Gasteiger partial charge is 0.278 e. The zero-order valence-corrected chi connectivity index (χ0v) is 16.1. The molecule has 3 fully saturated rings. The first-order valence-electron chi connectivity index (χ1n) is 8.86. The van der Waals surface area contributed by atoms with Crippen molar-refractivity contribution in [1.29, 1.82) is 0 Å². The number of rotatable bonds is 6. The van der Waals surface area contributed by atoms with E-state index in [1.54, 1.807) is 0 Å². The summed E-state index contributed by atoms with van der Waals surface area (Å²) in [6.07, 6.45) is -1.74. The molecule has 28 heavy (non-hydrogen) atoms. The summed E-state index contributed by atoms with van der Waals surface area (Å²) < 4.78 is 5.53. The summed E-state index contributed by atoms with van der Waals surface area (Å²) in [5.74, 6) is -2.26. The van der Waals surface area contributed by atoms with Crippen molar-refractivity contribution in [3.05, 3.63) is 30.3 Å². The molecule has 1 aromatic carbocycles. The van der Waals surface area contributed by atoms with Gasteiger partial charge in [0.15, 0.2) is 0 Å². The highest BCUT2D eigenvalue weighted by Gasteiger charge is 2.64. The molecule has 3 aliphatic rings. The molecule has 10 heteroatoms. The second kappa shape index (κ2) is 7.62. The fourth-order valence-electron chi connectivity index (χ4n) is 3.32. The number of amides is 2. The molecule has 2 amide bonds. The van der Waals surface area contributed by atoms with Gasteiger partial charge in [0.05, 0.1) is 13.2 Å². The summed E-state index contributed by atoms with van der Waals surface area (Å²) >= 11 is 1.43. The Bertz CT molecular complexity index is 747. The summed E-state index contributed by atoms with van der Waals surface area (Å²) in [6, 6.07) is 9.41. The van der Waals surface area contributed by atoms with Gasteiger partial charge in [-0.1, -0.05) is 18.2 Å². The SMILES string of the molecule is C[C@](O)(CO)[C@H](O)[C@@]12NC(=O)[C@@](O)(NC1=O)[C@H](CSc1ccccc1)CCO2. The monoisotopic (exact) mass is 412 g/mol. The lowest BCUT2D eigenvalue weighted by Gasteiger charge is -2.51. The van der Waals surface area contributed by atoms with E-state index in [9.17, 15) is 30.0 Å². The molecule has 3 aliphatic heterocycles. The standard InChI is InChI=1S/C18H24N2O7S/c1-16(25,10-21)13(22)18-15(24)19-17(26,14(23)20-18)11(7-8-27-18)9-28-12-5-3-2-4-6-12/h2-6,11,13,21-22,25-26H,7-10H2,1H3,(H,19,24)(H,20,23)/t11-,13-,16-,17+,18-/m0/s1. The van der Waals surface area contributed by atoms with Crippen LogP contribution in [0.3, 0.4) is 0 Å². The fraction of sp³-hybridized carbons (Fsp3) is 0.556. The first kappa shape index (κ1) is 21.0. The highest BCUT2D eigenvalue weighted by molar-refractivity contribution is 7.99. The number of carbonyl (C=O) groups excluding carboxylic acids is 2. The van der Waals surface area contributed by atoms with Crippen LogP contribution in [-0.2, 0) is 14.3 Å². The topological polar surface area (TPSA) is 148 Å². The zero-order chi connectivity index (χ0) is 20.6. The number of piperazine rings is 1. The van der Waals surface area contributed by atoms with Crippen molar-refractivity contribution in [3.8, 4) is 0 Å². The molecule has 0 aliphatic carbocycles. The first-order chi connectivity index (χ1) is 13.2. The van der Waals surface area contributed by atoms with E-state index < -0.39 is 47.5 Å². The van der Waals surface area contributed by atoms with Crippen LogP contribution in [0.2, 0.25) is 0 Å².